The molecule has 0 atom stereocenters. The molecule has 0 N–H and O–H groups in total. The van der Waals surface area contributed by atoms with Gasteiger partial charge in [0.05, 0.1) is 7.11 Å². The highest BCUT2D eigenvalue weighted by molar-refractivity contribution is 6.40. The van der Waals surface area contributed by atoms with Crippen LogP contribution in [0.2, 0.25) is 0 Å². The summed E-state index contributed by atoms with van der Waals surface area (Å²) in [4.78, 5) is 23.5. The van der Waals surface area contributed by atoms with Gasteiger partial charge in [-0.25, -0.2) is 4.79 Å². The van der Waals surface area contributed by atoms with E-state index >= 15 is 0 Å². The van der Waals surface area contributed by atoms with E-state index in [2.05, 4.69) is 0 Å². The first-order valence-electron chi connectivity index (χ1n) is 6.10. The lowest BCUT2D eigenvalue weighted by atomic mass is 10.1. The summed E-state index contributed by atoms with van der Waals surface area (Å²) < 4.78 is 10.2. The number of ether oxygens (including phenoxy) is 2. The summed E-state index contributed by atoms with van der Waals surface area (Å²) in [5, 5.41) is 0. The lowest BCUT2D eigenvalue weighted by Gasteiger charge is -2.10. The van der Waals surface area contributed by atoms with Gasteiger partial charge in [0, 0.05) is 5.56 Å². The van der Waals surface area contributed by atoms with E-state index in [-0.39, 0.29) is 6.10 Å². The molecule has 0 bridgehead atoms. The predicted octanol–water partition coefficient (Wildman–Crippen LogP) is 2.36. The van der Waals surface area contributed by atoms with E-state index in [1.807, 2.05) is 0 Å². The van der Waals surface area contributed by atoms with Crippen molar-refractivity contribution in [1.82, 2.24) is 0 Å². The third-order valence-corrected chi connectivity index (χ3v) is 3.11. The zero-order valence-corrected chi connectivity index (χ0v) is 10.3. The van der Waals surface area contributed by atoms with Crippen LogP contribution in [0.3, 0.4) is 0 Å². The normalized spacial score (nSPS) is 15.4. The Labute approximate surface area is 106 Å². The average Bonchev–Trinajstić information content (AvgIpc) is 2.91. The molecule has 0 amide bonds. The van der Waals surface area contributed by atoms with Gasteiger partial charge in [-0.3, -0.25) is 4.79 Å². The summed E-state index contributed by atoms with van der Waals surface area (Å²) in [6.45, 7) is 0. The van der Waals surface area contributed by atoms with Crippen molar-refractivity contribution in [2.45, 2.75) is 31.8 Å². The maximum Gasteiger partial charge on any atom is 0.379 e. The minimum absolute atomic E-state index is 0.0836. The average molecular weight is 248 g/mol. The van der Waals surface area contributed by atoms with Gasteiger partial charge >= 0.3 is 5.97 Å². The highest BCUT2D eigenvalue weighted by Gasteiger charge is 2.24. The third-order valence-electron chi connectivity index (χ3n) is 3.11. The van der Waals surface area contributed by atoms with Crippen molar-refractivity contribution in [3.05, 3.63) is 29.8 Å². The number of carbonyl (C=O) groups excluding carboxylic acids is 2. The van der Waals surface area contributed by atoms with E-state index in [0.29, 0.717) is 11.3 Å². The molecule has 1 fully saturated rings. The zero-order valence-electron chi connectivity index (χ0n) is 10.3. The molecule has 4 heteroatoms. The fraction of sp³-hybridized carbons (Fsp3) is 0.429. The minimum Gasteiger partial charge on any atom is -0.497 e. The molecule has 0 unspecified atom stereocenters. The lowest BCUT2D eigenvalue weighted by molar-refractivity contribution is -0.142. The van der Waals surface area contributed by atoms with Gasteiger partial charge in [0.2, 0.25) is 0 Å². The van der Waals surface area contributed by atoms with Gasteiger partial charge in [0.15, 0.2) is 0 Å². The van der Waals surface area contributed by atoms with Crippen LogP contribution in [0.4, 0.5) is 0 Å². The summed E-state index contributed by atoms with van der Waals surface area (Å²) >= 11 is 0. The molecule has 1 aliphatic rings. The fourth-order valence-electron chi connectivity index (χ4n) is 2.07. The van der Waals surface area contributed by atoms with Crippen LogP contribution in [0.15, 0.2) is 24.3 Å². The Bertz CT molecular complexity index is 430. The number of esters is 1. The van der Waals surface area contributed by atoms with E-state index in [9.17, 15) is 9.59 Å². The van der Waals surface area contributed by atoms with Gasteiger partial charge in [-0.05, 0) is 49.9 Å². The molecule has 1 saturated carbocycles. The first-order valence-corrected chi connectivity index (χ1v) is 6.10. The molecule has 0 aromatic heterocycles. The van der Waals surface area contributed by atoms with Crippen molar-refractivity contribution in [2.24, 2.45) is 0 Å². The Balaban J connectivity index is 1.98. The Morgan fingerprint density at radius 3 is 2.28 bits per heavy atom. The van der Waals surface area contributed by atoms with Crippen molar-refractivity contribution in [3.8, 4) is 5.75 Å². The van der Waals surface area contributed by atoms with E-state index in [1.54, 1.807) is 31.4 Å². The maximum absolute atomic E-state index is 11.8. The Kier molecular flexibility index (Phi) is 3.97. The molecule has 0 spiro atoms. The first kappa shape index (κ1) is 12.6. The van der Waals surface area contributed by atoms with Crippen molar-refractivity contribution in [2.75, 3.05) is 7.11 Å². The highest BCUT2D eigenvalue weighted by Crippen LogP contribution is 2.21. The number of hydrogen-bond donors (Lipinski definition) is 0. The predicted molar refractivity (Wildman–Crippen MR) is 65.7 cm³/mol. The van der Waals surface area contributed by atoms with Crippen LogP contribution in [0.5, 0.6) is 5.75 Å². The maximum atomic E-state index is 11.8. The third kappa shape index (κ3) is 2.88. The monoisotopic (exact) mass is 248 g/mol. The summed E-state index contributed by atoms with van der Waals surface area (Å²) in [5.74, 6) is -0.702. The van der Waals surface area contributed by atoms with Gasteiger partial charge < -0.3 is 9.47 Å². The van der Waals surface area contributed by atoms with E-state index in [0.717, 1.165) is 25.7 Å². The molecule has 4 nitrogen and oxygen atoms in total. The Hall–Kier alpha value is -1.84. The fourth-order valence-corrected chi connectivity index (χ4v) is 2.07. The number of methoxy groups -OCH3 is 1. The van der Waals surface area contributed by atoms with Crippen LogP contribution < -0.4 is 4.74 Å². The van der Waals surface area contributed by atoms with Gasteiger partial charge in [-0.15, -0.1) is 0 Å². The SMILES string of the molecule is COc1ccc(C(=O)C(=O)OC2CCCC2)cc1. The quantitative estimate of drug-likeness (QED) is 0.466. The van der Waals surface area contributed by atoms with Crippen LogP contribution in [-0.4, -0.2) is 25.0 Å². The molecule has 0 heterocycles. The number of hydrogen-bond acceptors (Lipinski definition) is 4. The smallest absolute Gasteiger partial charge is 0.379 e. The van der Waals surface area contributed by atoms with Gasteiger partial charge in [0.1, 0.15) is 11.9 Å². The molecular weight excluding hydrogens is 232 g/mol. The molecule has 96 valence electrons. The highest BCUT2D eigenvalue weighted by atomic mass is 16.5. The summed E-state index contributed by atoms with van der Waals surface area (Å²) in [7, 11) is 1.55. The lowest BCUT2D eigenvalue weighted by Crippen LogP contribution is -2.22. The van der Waals surface area contributed by atoms with Crippen LogP contribution in [0.25, 0.3) is 0 Å². The van der Waals surface area contributed by atoms with Gasteiger partial charge in [0.25, 0.3) is 5.78 Å². The van der Waals surface area contributed by atoms with Gasteiger partial charge in [-0.2, -0.15) is 0 Å². The number of benzene rings is 1. The summed E-state index contributed by atoms with van der Waals surface area (Å²) in [5.41, 5.74) is 0.332. The second-order valence-corrected chi connectivity index (χ2v) is 4.37. The molecule has 18 heavy (non-hydrogen) atoms. The van der Waals surface area contributed by atoms with E-state index < -0.39 is 11.8 Å². The number of carbonyl (C=O) groups is 2. The second kappa shape index (κ2) is 5.67. The topological polar surface area (TPSA) is 52.6 Å². The zero-order chi connectivity index (χ0) is 13.0. The molecule has 0 saturated heterocycles. The first-order chi connectivity index (χ1) is 8.70. The largest absolute Gasteiger partial charge is 0.497 e. The molecule has 0 radical (unpaired) electrons. The van der Waals surface area contributed by atoms with Crippen LogP contribution >= 0.6 is 0 Å². The number of ketones is 1. The van der Waals surface area contributed by atoms with Crippen LogP contribution in [0.1, 0.15) is 36.0 Å². The Morgan fingerprint density at radius 1 is 1.11 bits per heavy atom. The van der Waals surface area contributed by atoms with Crippen LogP contribution in [0, 0.1) is 0 Å². The summed E-state index contributed by atoms with van der Waals surface area (Å²) in [6.07, 6.45) is 3.77. The Morgan fingerprint density at radius 2 is 1.72 bits per heavy atom. The summed E-state index contributed by atoms with van der Waals surface area (Å²) in [6, 6.07) is 6.43. The molecular formula is C14H16O4. The van der Waals surface area contributed by atoms with Gasteiger partial charge in [-0.1, -0.05) is 0 Å². The molecule has 0 aliphatic heterocycles. The molecule has 1 aliphatic carbocycles. The van der Waals surface area contributed by atoms with Crippen molar-refractivity contribution < 1.29 is 19.1 Å². The van der Waals surface area contributed by atoms with Crippen molar-refractivity contribution >= 4 is 11.8 Å². The van der Waals surface area contributed by atoms with Crippen molar-refractivity contribution in [1.29, 1.82) is 0 Å². The standard InChI is InChI=1S/C14H16O4/c1-17-11-8-6-10(7-9-11)13(15)14(16)18-12-4-2-3-5-12/h6-9,12H,2-5H2,1H3. The number of Topliss-reactive ketones (excluding diaryl/α,β-unsaturated/α-hetero) is 1. The minimum atomic E-state index is -0.757. The number of rotatable bonds is 4. The molecule has 2 rings (SSSR count). The molecule has 1 aromatic carbocycles. The molecule has 1 aromatic rings. The van der Waals surface area contributed by atoms with E-state index in [4.69, 9.17) is 9.47 Å². The second-order valence-electron chi connectivity index (χ2n) is 4.37. The van der Waals surface area contributed by atoms with Crippen LogP contribution in [-0.2, 0) is 9.53 Å². The van der Waals surface area contributed by atoms with Crippen molar-refractivity contribution in [3.63, 3.8) is 0 Å². The van der Waals surface area contributed by atoms with E-state index in [1.165, 1.54) is 0 Å².